The Morgan fingerprint density at radius 2 is 1.15 bits per heavy atom. The van der Waals surface area contributed by atoms with E-state index in [0.29, 0.717) is 22.9 Å². The summed E-state index contributed by atoms with van der Waals surface area (Å²) in [5.41, 5.74) is 1.07. The number of rotatable bonds is 5. The Hall–Kier alpha value is -3.13. The Morgan fingerprint density at radius 3 is 1.64 bits per heavy atom. The van der Waals surface area contributed by atoms with Crippen molar-refractivity contribution in [1.82, 2.24) is 9.97 Å². The molecule has 5 aromatic rings. The molecule has 5 heteroatoms. The third-order valence-electron chi connectivity index (χ3n) is 6.24. The summed E-state index contributed by atoms with van der Waals surface area (Å²) in [5.74, 6) is -3.41. The van der Waals surface area contributed by atoms with Crippen LogP contribution in [0.5, 0.6) is 0 Å². The Morgan fingerprint density at radius 1 is 0.667 bits per heavy atom. The first-order valence-electron chi connectivity index (χ1n) is 10.8. The van der Waals surface area contributed by atoms with Crippen LogP contribution in [0.15, 0.2) is 109 Å². The molecule has 0 saturated heterocycles. The molecular formula is C28H23ClFN2P. The zero-order valence-corrected chi connectivity index (χ0v) is 19.8. The van der Waals surface area contributed by atoms with Crippen LogP contribution in [-0.4, -0.2) is 9.97 Å². The predicted octanol–water partition coefficient (Wildman–Crippen LogP) is 6.26. The fourth-order valence-electron chi connectivity index (χ4n) is 4.60. The first kappa shape index (κ1) is 21.7. The van der Waals surface area contributed by atoms with Gasteiger partial charge in [0, 0.05) is 0 Å². The Labute approximate surface area is 197 Å². The van der Waals surface area contributed by atoms with Crippen molar-refractivity contribution in [2.45, 2.75) is 13.1 Å². The first-order chi connectivity index (χ1) is 16.0. The van der Waals surface area contributed by atoms with Gasteiger partial charge in [-0.3, -0.25) is 0 Å². The van der Waals surface area contributed by atoms with E-state index in [9.17, 15) is 4.39 Å². The predicted molar refractivity (Wildman–Crippen MR) is 139 cm³/mol. The summed E-state index contributed by atoms with van der Waals surface area (Å²) in [6.07, 6.45) is 0.371. The van der Waals surface area contributed by atoms with Gasteiger partial charge in [-0.05, 0) is 0 Å². The molecule has 2 nitrogen and oxygen atoms in total. The van der Waals surface area contributed by atoms with Crippen molar-refractivity contribution in [3.05, 3.63) is 127 Å². The summed E-state index contributed by atoms with van der Waals surface area (Å²) in [5, 5.41) is 3.79. The van der Waals surface area contributed by atoms with Gasteiger partial charge in [0.25, 0.3) is 0 Å². The number of para-hydroxylation sites is 1. The van der Waals surface area contributed by atoms with Crippen molar-refractivity contribution < 1.29 is 4.39 Å². The van der Waals surface area contributed by atoms with Gasteiger partial charge >= 0.3 is 198 Å². The van der Waals surface area contributed by atoms with E-state index in [1.807, 2.05) is 67.6 Å². The van der Waals surface area contributed by atoms with E-state index in [0.717, 1.165) is 21.6 Å². The second kappa shape index (κ2) is 8.33. The molecule has 164 valence electrons. The van der Waals surface area contributed by atoms with Gasteiger partial charge in [-0.15, -0.1) is 0 Å². The molecule has 0 N–H and O–H groups in total. The third-order valence-corrected chi connectivity index (χ3v) is 13.4. The van der Waals surface area contributed by atoms with E-state index in [4.69, 9.17) is 21.2 Å². The standard InChI is InChI=1S/C28H23ClFN2P/c1-21-25-18-11-19-26(30)28(25)32-27(31-21)20-33(29,22-12-5-2-6-13-22,23-14-7-3-8-15-23)24-16-9-4-10-17-24/h2-19H,20H2,1H3. The molecule has 33 heavy (non-hydrogen) atoms. The SMILES string of the molecule is Cc1nc(CP(Cl)(c2ccccc2)(c2ccccc2)c2ccccc2)nc2c(F)cccc12. The fraction of sp³-hybridized carbons (Fsp3) is 0.0714. The van der Waals surface area contributed by atoms with Crippen LogP contribution in [0.25, 0.3) is 10.9 Å². The van der Waals surface area contributed by atoms with Gasteiger partial charge in [0.2, 0.25) is 0 Å². The van der Waals surface area contributed by atoms with E-state index in [-0.39, 0.29) is 5.82 Å². The number of halogens is 2. The summed E-state index contributed by atoms with van der Waals surface area (Å²) < 4.78 is 14.7. The number of benzene rings is 4. The van der Waals surface area contributed by atoms with Crippen LogP contribution in [0.1, 0.15) is 11.5 Å². The zero-order valence-electron chi connectivity index (χ0n) is 18.2. The molecule has 1 heterocycles. The normalized spacial score (nSPS) is 12.9. The summed E-state index contributed by atoms with van der Waals surface area (Å²) >= 11 is 8.11. The molecule has 0 atom stereocenters. The zero-order chi connectivity index (χ0) is 22.9. The average molecular weight is 473 g/mol. The number of hydrogen-bond acceptors (Lipinski definition) is 2. The van der Waals surface area contributed by atoms with Crippen LogP contribution in [-0.2, 0) is 6.16 Å². The molecular weight excluding hydrogens is 450 g/mol. The van der Waals surface area contributed by atoms with E-state index < -0.39 is 5.96 Å². The molecule has 0 spiro atoms. The molecule has 5 rings (SSSR count). The molecule has 1 aromatic heterocycles. The van der Waals surface area contributed by atoms with Crippen LogP contribution >= 0.6 is 17.2 Å². The molecule has 0 unspecified atom stereocenters. The Bertz CT molecular complexity index is 1330. The maximum absolute atomic E-state index is 14.7. The van der Waals surface area contributed by atoms with Gasteiger partial charge in [0.05, 0.1) is 0 Å². The van der Waals surface area contributed by atoms with Crippen molar-refractivity contribution in [1.29, 1.82) is 0 Å². The first-order valence-corrected chi connectivity index (χ1v) is 14.1. The van der Waals surface area contributed by atoms with Crippen molar-refractivity contribution in [2.24, 2.45) is 0 Å². The van der Waals surface area contributed by atoms with E-state index in [2.05, 4.69) is 36.4 Å². The van der Waals surface area contributed by atoms with Gasteiger partial charge in [0.15, 0.2) is 0 Å². The number of fused-ring (bicyclic) bond motifs is 1. The molecule has 0 aliphatic rings. The van der Waals surface area contributed by atoms with Gasteiger partial charge < -0.3 is 0 Å². The minimum atomic E-state index is -3.59. The van der Waals surface area contributed by atoms with Crippen LogP contribution in [0.4, 0.5) is 4.39 Å². The van der Waals surface area contributed by atoms with Crippen LogP contribution in [0.3, 0.4) is 0 Å². The third kappa shape index (κ3) is 3.53. The summed E-state index contributed by atoms with van der Waals surface area (Å²) in [7, 11) is 0. The van der Waals surface area contributed by atoms with Crippen LogP contribution in [0, 0.1) is 12.7 Å². The van der Waals surface area contributed by atoms with Crippen LogP contribution < -0.4 is 15.9 Å². The minimum absolute atomic E-state index is 0.330. The second-order valence-electron chi connectivity index (χ2n) is 8.21. The van der Waals surface area contributed by atoms with Gasteiger partial charge in [-0.2, -0.15) is 0 Å². The van der Waals surface area contributed by atoms with Crippen molar-refractivity contribution in [3.63, 3.8) is 0 Å². The van der Waals surface area contributed by atoms with Crippen molar-refractivity contribution >= 4 is 44.0 Å². The molecule has 0 saturated carbocycles. The van der Waals surface area contributed by atoms with E-state index in [1.165, 1.54) is 6.07 Å². The summed E-state index contributed by atoms with van der Waals surface area (Å²) in [6, 6.07) is 35.5. The molecule has 0 bridgehead atoms. The topological polar surface area (TPSA) is 25.8 Å². The number of aryl methyl sites for hydroxylation is 1. The molecule has 0 amide bonds. The number of hydrogen-bond donors (Lipinski definition) is 0. The number of aromatic nitrogens is 2. The fourth-order valence-corrected chi connectivity index (χ4v) is 10.4. The van der Waals surface area contributed by atoms with E-state index >= 15 is 0 Å². The Balaban J connectivity index is 1.86. The van der Waals surface area contributed by atoms with Crippen LogP contribution in [0.2, 0.25) is 0 Å². The van der Waals surface area contributed by atoms with Gasteiger partial charge in [-0.1, -0.05) is 0 Å². The molecule has 0 radical (unpaired) electrons. The average Bonchev–Trinajstić information content (AvgIpc) is 2.86. The molecule has 0 fully saturated rings. The quantitative estimate of drug-likeness (QED) is 0.282. The van der Waals surface area contributed by atoms with Crippen molar-refractivity contribution in [2.75, 3.05) is 0 Å². The maximum atomic E-state index is 14.7. The molecule has 0 aliphatic heterocycles. The molecule has 0 aliphatic carbocycles. The summed E-state index contributed by atoms with van der Waals surface area (Å²) in [4.78, 5) is 9.52. The number of nitrogens with zero attached hydrogens (tertiary/aromatic N) is 2. The van der Waals surface area contributed by atoms with Gasteiger partial charge in [0.1, 0.15) is 0 Å². The van der Waals surface area contributed by atoms with Crippen molar-refractivity contribution in [3.8, 4) is 0 Å². The Kier molecular flexibility index (Phi) is 5.48. The van der Waals surface area contributed by atoms with Gasteiger partial charge in [-0.25, -0.2) is 0 Å². The monoisotopic (exact) mass is 472 g/mol. The molecule has 4 aromatic carbocycles. The van der Waals surface area contributed by atoms with E-state index in [1.54, 1.807) is 6.07 Å². The second-order valence-corrected chi connectivity index (χ2v) is 14.7. The summed E-state index contributed by atoms with van der Waals surface area (Å²) in [6.45, 7) is 1.89.